The summed E-state index contributed by atoms with van der Waals surface area (Å²) < 4.78 is 33.6. The predicted molar refractivity (Wildman–Crippen MR) is 212 cm³/mol. The van der Waals surface area contributed by atoms with E-state index in [9.17, 15) is 0 Å². The first-order chi connectivity index (χ1) is 27.6. The highest BCUT2D eigenvalue weighted by Gasteiger charge is 2.72. The summed E-state index contributed by atoms with van der Waals surface area (Å²) in [6.07, 6.45) is 12.4. The second kappa shape index (κ2) is 7.29. The smallest absolute Gasteiger partial charge is 0.131 e. The molecule has 0 amide bonds. The Bertz CT molecular complexity index is 3480. The summed E-state index contributed by atoms with van der Waals surface area (Å²) in [5.74, 6) is 0.766. The standard InChI is InChI=1S/C53H27F2N/c54-28-7-4-8-29(55)38(28)52-53-16-24-14-22-12-19-9-18-10-21-11-20-13-23-15-26(27(53)17-56(52)25-5-2-1-3-6-25)37-43-33(23)32(20)40-34(21)39-30(18)31(19)41-35(22)42-36(24)51(53)50(37)49-47(42)45(41)44(39)46(40)48(43)49/h1-9,11-12,14-16,27,35,39,41,44,51-52H,10,13,17H2. The van der Waals surface area contributed by atoms with Crippen LogP contribution in [0.2, 0.25) is 0 Å². The van der Waals surface area contributed by atoms with Crippen molar-refractivity contribution in [3.63, 3.8) is 0 Å². The lowest BCUT2D eigenvalue weighted by molar-refractivity contribution is 0.253. The van der Waals surface area contributed by atoms with Crippen molar-refractivity contribution in [3.05, 3.63) is 202 Å². The van der Waals surface area contributed by atoms with Gasteiger partial charge in [-0.2, -0.15) is 0 Å². The van der Waals surface area contributed by atoms with E-state index in [1.165, 1.54) is 62.3 Å². The normalized spacial score (nSPS) is 34.4. The molecule has 19 rings (SSSR count). The maximum Gasteiger partial charge on any atom is 0.131 e. The van der Waals surface area contributed by atoms with Gasteiger partial charge in [0.15, 0.2) is 0 Å². The molecule has 56 heavy (non-hydrogen) atoms. The van der Waals surface area contributed by atoms with Gasteiger partial charge in [0.1, 0.15) is 11.6 Å². The molecule has 1 nitrogen and oxygen atoms in total. The van der Waals surface area contributed by atoms with E-state index in [2.05, 4.69) is 71.7 Å². The molecule has 1 heterocycles. The molecule has 13 aliphatic carbocycles. The SMILES string of the molecule is Fc1cccc(F)c1C1N(c2ccccc2)CC2c3cc4c5c6c3C3=C7C8=C9C%10C%11=C%12C(=CC%11=CC%11=CC%13=CC21C3C%13=C8C%11%10)Cc1cc(c5c2c1C%12C9c2c67)C4. The van der Waals surface area contributed by atoms with Crippen LogP contribution >= 0.6 is 0 Å². The summed E-state index contributed by atoms with van der Waals surface area (Å²) in [6, 6.07) is 19.8. The zero-order valence-corrected chi connectivity index (χ0v) is 29.9. The summed E-state index contributed by atoms with van der Waals surface area (Å²) in [4.78, 5) is 2.41. The first-order valence-corrected chi connectivity index (χ1v) is 20.9. The Hall–Kier alpha value is -5.80. The number of benzene rings is 5. The fraction of sp³-hybridized carbons (Fsp3) is 0.208. The Morgan fingerprint density at radius 1 is 0.607 bits per heavy atom. The number of para-hydroxylation sites is 1. The van der Waals surface area contributed by atoms with Gasteiger partial charge >= 0.3 is 0 Å². The van der Waals surface area contributed by atoms with Crippen molar-refractivity contribution in [3.8, 4) is 0 Å². The average Bonchev–Trinajstić information content (AvgIpc) is 4.06. The van der Waals surface area contributed by atoms with E-state index in [-0.39, 0.29) is 17.4 Å². The van der Waals surface area contributed by atoms with Gasteiger partial charge in [-0.05, 0) is 170 Å². The Kier molecular flexibility index (Phi) is 3.40. The zero-order valence-electron chi connectivity index (χ0n) is 29.9. The molecule has 5 aromatic carbocycles. The Morgan fingerprint density at radius 3 is 2.36 bits per heavy atom. The molecule has 5 aromatic rings. The van der Waals surface area contributed by atoms with Crippen LogP contribution in [-0.2, 0) is 12.8 Å². The van der Waals surface area contributed by atoms with Crippen molar-refractivity contribution in [2.24, 2.45) is 23.2 Å². The van der Waals surface area contributed by atoms with Crippen LogP contribution in [0.3, 0.4) is 0 Å². The second-order valence-electron chi connectivity index (χ2n) is 19.5. The fourth-order valence-corrected chi connectivity index (χ4v) is 17.3. The van der Waals surface area contributed by atoms with Gasteiger partial charge in [0, 0.05) is 58.7 Å². The van der Waals surface area contributed by atoms with Crippen LogP contribution in [-0.4, -0.2) is 6.54 Å². The number of allylic oxidation sites excluding steroid dienone is 15. The maximum absolute atomic E-state index is 16.8. The summed E-state index contributed by atoms with van der Waals surface area (Å²) in [5.41, 5.74) is 31.8. The lowest BCUT2D eigenvalue weighted by atomic mass is 9.52. The summed E-state index contributed by atoms with van der Waals surface area (Å²) in [5, 5.41) is 6.29. The molecule has 3 heteroatoms. The van der Waals surface area contributed by atoms with Gasteiger partial charge in [-0.25, -0.2) is 8.78 Å². The number of halogens is 2. The van der Waals surface area contributed by atoms with Crippen LogP contribution in [0.15, 0.2) is 141 Å². The first kappa shape index (κ1) is 26.1. The molecule has 0 N–H and O–H groups in total. The molecule has 1 aliphatic heterocycles. The van der Waals surface area contributed by atoms with Gasteiger partial charge in [0.25, 0.3) is 0 Å². The van der Waals surface area contributed by atoms with Crippen LogP contribution in [0, 0.1) is 34.8 Å². The highest BCUT2D eigenvalue weighted by atomic mass is 19.1. The third-order valence-electron chi connectivity index (χ3n) is 18.1. The Labute approximate surface area is 319 Å². The first-order valence-electron chi connectivity index (χ1n) is 20.9. The summed E-state index contributed by atoms with van der Waals surface area (Å²) >= 11 is 0. The summed E-state index contributed by atoms with van der Waals surface area (Å²) in [6.45, 7) is 0.715. The van der Waals surface area contributed by atoms with Crippen LogP contribution < -0.4 is 4.90 Å². The minimum Gasteiger partial charge on any atom is -0.363 e. The predicted octanol–water partition coefficient (Wildman–Crippen LogP) is 11.0. The lowest BCUT2D eigenvalue weighted by Gasteiger charge is -2.49. The van der Waals surface area contributed by atoms with Crippen molar-refractivity contribution in [2.75, 3.05) is 11.4 Å². The Morgan fingerprint density at radius 2 is 1.46 bits per heavy atom. The fourth-order valence-electron chi connectivity index (χ4n) is 17.3. The van der Waals surface area contributed by atoms with Crippen molar-refractivity contribution in [1.82, 2.24) is 0 Å². The van der Waals surface area contributed by atoms with Gasteiger partial charge in [-0.15, -0.1) is 0 Å². The largest absolute Gasteiger partial charge is 0.363 e. The van der Waals surface area contributed by atoms with Gasteiger partial charge in [0.05, 0.1) is 6.04 Å². The molecule has 8 unspecified atom stereocenters. The minimum absolute atomic E-state index is 0.0322. The molecule has 258 valence electrons. The molecule has 8 atom stereocenters. The van der Waals surface area contributed by atoms with E-state index in [4.69, 9.17) is 0 Å². The number of fused-ring (bicyclic) bond motifs is 1. The maximum atomic E-state index is 16.8. The highest BCUT2D eigenvalue weighted by molar-refractivity contribution is 6.32. The van der Waals surface area contributed by atoms with Crippen LogP contribution in [0.4, 0.5) is 14.5 Å². The van der Waals surface area contributed by atoms with E-state index in [1.54, 1.807) is 88.9 Å². The van der Waals surface area contributed by atoms with Crippen molar-refractivity contribution >= 4 is 38.4 Å². The van der Waals surface area contributed by atoms with E-state index < -0.39 is 23.1 Å². The third-order valence-corrected chi connectivity index (χ3v) is 18.1. The molecule has 14 aliphatic rings. The lowest BCUT2D eigenvalue weighted by Crippen LogP contribution is -2.42. The number of anilines is 1. The van der Waals surface area contributed by atoms with Crippen LogP contribution in [0.5, 0.6) is 0 Å². The summed E-state index contributed by atoms with van der Waals surface area (Å²) in [7, 11) is 0. The molecule has 1 spiro atoms. The topological polar surface area (TPSA) is 3.24 Å². The molecule has 0 radical (unpaired) electrons. The van der Waals surface area contributed by atoms with Gasteiger partial charge in [-0.3, -0.25) is 0 Å². The molecule has 1 fully saturated rings. The molecular weight excluding hydrogens is 689 g/mol. The van der Waals surface area contributed by atoms with Crippen molar-refractivity contribution < 1.29 is 8.78 Å². The molecule has 0 saturated carbocycles. The Balaban J connectivity index is 1.07. The quantitative estimate of drug-likeness (QED) is 0.161. The number of hydrogen-bond donors (Lipinski definition) is 0. The molecular formula is C53H27F2N. The van der Waals surface area contributed by atoms with Gasteiger partial charge < -0.3 is 4.90 Å². The van der Waals surface area contributed by atoms with E-state index in [0.29, 0.717) is 30.2 Å². The number of rotatable bonds is 2. The molecule has 0 bridgehead atoms. The number of nitrogens with zero attached hydrogens (tertiary/aromatic N) is 1. The molecule has 0 aromatic heterocycles. The number of hydrogen-bond acceptors (Lipinski definition) is 1. The monoisotopic (exact) mass is 715 g/mol. The average molecular weight is 716 g/mol. The van der Waals surface area contributed by atoms with Crippen LogP contribution in [0.1, 0.15) is 73.9 Å². The van der Waals surface area contributed by atoms with Crippen molar-refractivity contribution in [2.45, 2.75) is 36.6 Å². The zero-order chi connectivity index (χ0) is 35.3. The third kappa shape index (κ3) is 2.08. The van der Waals surface area contributed by atoms with Crippen molar-refractivity contribution in [1.29, 1.82) is 0 Å². The van der Waals surface area contributed by atoms with Gasteiger partial charge in [0.2, 0.25) is 0 Å². The molecule has 1 saturated heterocycles. The van der Waals surface area contributed by atoms with E-state index >= 15 is 8.78 Å². The highest BCUT2D eigenvalue weighted by Crippen LogP contribution is 2.84. The van der Waals surface area contributed by atoms with Gasteiger partial charge in [-0.1, -0.05) is 60.7 Å². The van der Waals surface area contributed by atoms with Crippen LogP contribution in [0.25, 0.3) is 32.7 Å². The van der Waals surface area contributed by atoms with E-state index in [0.717, 1.165) is 18.5 Å². The van der Waals surface area contributed by atoms with E-state index in [1.807, 2.05) is 0 Å². The second-order valence-corrected chi connectivity index (χ2v) is 19.5. The minimum atomic E-state index is -0.577.